The molecule has 0 aromatic carbocycles. The Kier molecular flexibility index (Phi) is 6.31. The molecule has 150 valence electrons. The highest BCUT2D eigenvalue weighted by Crippen LogP contribution is 2.26. The van der Waals surface area contributed by atoms with Crippen molar-refractivity contribution in [1.29, 1.82) is 0 Å². The highest BCUT2D eigenvalue weighted by atomic mass is 35.5. The summed E-state index contributed by atoms with van der Waals surface area (Å²) in [5.41, 5.74) is 2.16. The Morgan fingerprint density at radius 3 is 2.89 bits per heavy atom. The molecule has 2 N–H and O–H groups in total. The van der Waals surface area contributed by atoms with E-state index in [2.05, 4.69) is 15.3 Å². The number of allylic oxidation sites excluding steroid dienone is 1. The van der Waals surface area contributed by atoms with E-state index in [1.165, 1.54) is 6.20 Å². The molecule has 0 unspecified atom stereocenters. The van der Waals surface area contributed by atoms with Gasteiger partial charge >= 0.3 is 5.97 Å². The molecule has 1 aromatic rings. The number of aliphatic imine (C=N–C) groups is 1. The van der Waals surface area contributed by atoms with Crippen LogP contribution in [-0.2, 0) is 9.53 Å². The zero-order valence-corrected chi connectivity index (χ0v) is 16.6. The number of carboxylic acid groups (broad SMARTS) is 1. The third-order valence-corrected chi connectivity index (χ3v) is 5.45. The van der Waals surface area contributed by atoms with Gasteiger partial charge in [-0.3, -0.25) is 4.79 Å². The number of nitrogens with zero attached hydrogens (tertiary/aromatic N) is 3. The van der Waals surface area contributed by atoms with Crippen molar-refractivity contribution in [3.63, 3.8) is 0 Å². The molecule has 2 aliphatic rings. The van der Waals surface area contributed by atoms with Crippen molar-refractivity contribution < 1.29 is 19.4 Å². The maximum absolute atomic E-state index is 12.6. The summed E-state index contributed by atoms with van der Waals surface area (Å²) in [6, 6.07) is 3.15. The Hall–Kier alpha value is -2.45. The zero-order valence-electron chi connectivity index (χ0n) is 15.8. The van der Waals surface area contributed by atoms with Crippen molar-refractivity contribution in [3.8, 4) is 0 Å². The first kappa shape index (κ1) is 20.3. The second-order valence-corrected chi connectivity index (χ2v) is 7.13. The van der Waals surface area contributed by atoms with Crippen LogP contribution in [0.3, 0.4) is 0 Å². The molecule has 1 fully saturated rings. The number of carboxylic acids is 1. The second kappa shape index (κ2) is 8.70. The van der Waals surface area contributed by atoms with Crippen molar-refractivity contribution in [2.45, 2.75) is 38.3 Å². The molecular formula is C19H23ClN4O4. The molecule has 1 amide bonds. The van der Waals surface area contributed by atoms with Gasteiger partial charge in [-0.2, -0.15) is 0 Å². The Labute approximate surface area is 168 Å². The molecule has 9 heteroatoms. The molecule has 3 rings (SSSR count). The highest BCUT2D eigenvalue weighted by Gasteiger charge is 2.32. The largest absolute Gasteiger partial charge is 0.477 e. The quantitative estimate of drug-likeness (QED) is 0.702. The average Bonchev–Trinajstić information content (AvgIpc) is 3.09. The smallest absolute Gasteiger partial charge is 0.354 e. The lowest BCUT2D eigenvalue weighted by atomic mass is 10.00. The topological polar surface area (TPSA) is 104 Å². The number of methoxy groups -OCH3 is 1. The van der Waals surface area contributed by atoms with Gasteiger partial charge in [-0.25, -0.2) is 14.8 Å². The molecule has 1 aromatic heterocycles. The number of carbonyl (C=O) groups is 2. The maximum Gasteiger partial charge on any atom is 0.354 e. The van der Waals surface area contributed by atoms with Gasteiger partial charge in [-0.1, -0.05) is 18.5 Å². The molecule has 0 saturated carbocycles. The predicted octanol–water partition coefficient (Wildman–Crippen LogP) is 2.19. The van der Waals surface area contributed by atoms with Gasteiger partial charge in [-0.15, -0.1) is 0 Å². The fraction of sp³-hybridized carbons (Fsp3) is 0.474. The number of aromatic carboxylic acids is 1. The number of aromatic nitrogens is 1. The fourth-order valence-electron chi connectivity index (χ4n) is 3.45. The lowest BCUT2D eigenvalue weighted by molar-refractivity contribution is -0.116. The lowest BCUT2D eigenvalue weighted by Gasteiger charge is -2.39. The van der Waals surface area contributed by atoms with Crippen LogP contribution in [0.4, 0.5) is 5.69 Å². The summed E-state index contributed by atoms with van der Waals surface area (Å²) in [6.45, 7) is 3.16. The van der Waals surface area contributed by atoms with Gasteiger partial charge in [-0.05, 0) is 30.5 Å². The van der Waals surface area contributed by atoms with E-state index >= 15 is 0 Å². The molecule has 0 radical (unpaired) electrons. The van der Waals surface area contributed by atoms with Crippen molar-refractivity contribution >= 4 is 34.9 Å². The standard InChI is InChI=1S/C19H23ClN4O4/c1-3-11-8-14(22-17(11)20)18(25)23-13-5-7-24(10-16(13)28-2)12-4-6-21-15(9-12)19(26)27/h4,6,9,13,16H,3,5,7-8,10H2,1-2H3,(H,23,25)(H,26,27)/t13-,16+/m1/s1. The van der Waals surface area contributed by atoms with Crippen LogP contribution in [0.15, 0.2) is 34.1 Å². The number of pyridine rings is 1. The number of hydrogen-bond acceptors (Lipinski definition) is 6. The Bertz CT molecular complexity index is 839. The maximum atomic E-state index is 12.6. The number of rotatable bonds is 6. The second-order valence-electron chi connectivity index (χ2n) is 6.78. The first-order valence-corrected chi connectivity index (χ1v) is 9.53. The summed E-state index contributed by atoms with van der Waals surface area (Å²) in [7, 11) is 1.60. The first-order valence-electron chi connectivity index (χ1n) is 9.16. The van der Waals surface area contributed by atoms with Crippen LogP contribution in [0.5, 0.6) is 0 Å². The van der Waals surface area contributed by atoms with E-state index < -0.39 is 5.97 Å². The van der Waals surface area contributed by atoms with Gasteiger partial charge in [0.15, 0.2) is 0 Å². The monoisotopic (exact) mass is 406 g/mol. The molecule has 2 aliphatic heterocycles. The number of amides is 1. The van der Waals surface area contributed by atoms with E-state index in [0.29, 0.717) is 36.8 Å². The summed E-state index contributed by atoms with van der Waals surface area (Å²) in [6.07, 6.45) is 3.14. The van der Waals surface area contributed by atoms with Gasteiger partial charge < -0.3 is 20.1 Å². The summed E-state index contributed by atoms with van der Waals surface area (Å²) < 4.78 is 5.60. The number of nitrogens with one attached hydrogen (secondary N) is 1. The molecule has 1 saturated heterocycles. The summed E-state index contributed by atoms with van der Waals surface area (Å²) in [5, 5.41) is 12.6. The summed E-state index contributed by atoms with van der Waals surface area (Å²) in [5.74, 6) is -1.29. The van der Waals surface area contributed by atoms with E-state index in [4.69, 9.17) is 21.4 Å². The minimum Gasteiger partial charge on any atom is -0.477 e. The number of halogens is 1. The van der Waals surface area contributed by atoms with Crippen LogP contribution < -0.4 is 10.2 Å². The van der Waals surface area contributed by atoms with Gasteiger partial charge in [0.05, 0.1) is 12.1 Å². The van der Waals surface area contributed by atoms with Gasteiger partial charge in [0.1, 0.15) is 16.6 Å². The van der Waals surface area contributed by atoms with E-state index in [1.54, 1.807) is 19.2 Å². The van der Waals surface area contributed by atoms with Gasteiger partial charge in [0.2, 0.25) is 0 Å². The number of anilines is 1. The van der Waals surface area contributed by atoms with Crippen molar-refractivity contribution in [3.05, 3.63) is 34.8 Å². The highest BCUT2D eigenvalue weighted by molar-refractivity contribution is 6.43. The fourth-order valence-corrected chi connectivity index (χ4v) is 3.76. The summed E-state index contributed by atoms with van der Waals surface area (Å²) >= 11 is 6.07. The third-order valence-electron chi connectivity index (χ3n) is 5.10. The molecule has 8 nitrogen and oxygen atoms in total. The van der Waals surface area contributed by atoms with Crippen LogP contribution in [0.25, 0.3) is 0 Å². The molecule has 0 spiro atoms. The third kappa shape index (κ3) is 4.34. The first-order chi connectivity index (χ1) is 13.4. The minimum absolute atomic E-state index is 0.00255. The average molecular weight is 407 g/mol. The van der Waals surface area contributed by atoms with E-state index in [1.807, 2.05) is 11.8 Å². The normalized spacial score (nSPS) is 22.2. The Balaban J connectivity index is 1.64. The Morgan fingerprint density at radius 2 is 2.25 bits per heavy atom. The van der Waals surface area contributed by atoms with Crippen molar-refractivity contribution in [2.24, 2.45) is 4.99 Å². The van der Waals surface area contributed by atoms with Crippen LogP contribution in [0.1, 0.15) is 36.7 Å². The summed E-state index contributed by atoms with van der Waals surface area (Å²) in [4.78, 5) is 33.8. The molecule has 3 heterocycles. The van der Waals surface area contributed by atoms with Crippen molar-refractivity contribution in [1.82, 2.24) is 10.3 Å². The zero-order chi connectivity index (χ0) is 20.3. The van der Waals surface area contributed by atoms with Crippen molar-refractivity contribution in [2.75, 3.05) is 25.1 Å². The lowest BCUT2D eigenvalue weighted by Crippen LogP contribution is -2.56. The SMILES string of the molecule is CCC1=C(Cl)N=C(C(=O)N[C@@H]2CCN(c3ccnc(C(=O)O)c3)C[C@@H]2OC)C1. The van der Waals surface area contributed by atoms with Crippen LogP contribution in [-0.4, -0.2) is 60.0 Å². The molecule has 2 atom stereocenters. The van der Waals surface area contributed by atoms with E-state index in [9.17, 15) is 9.59 Å². The number of carbonyl (C=O) groups excluding carboxylic acids is 1. The van der Waals surface area contributed by atoms with Gasteiger partial charge in [0.25, 0.3) is 5.91 Å². The molecule has 0 bridgehead atoms. The van der Waals surface area contributed by atoms with Crippen LogP contribution in [0.2, 0.25) is 0 Å². The van der Waals surface area contributed by atoms with Crippen LogP contribution in [0, 0.1) is 0 Å². The minimum atomic E-state index is -1.07. The van der Waals surface area contributed by atoms with Crippen LogP contribution >= 0.6 is 11.6 Å². The molecule has 28 heavy (non-hydrogen) atoms. The van der Waals surface area contributed by atoms with Gasteiger partial charge in [0, 0.05) is 38.5 Å². The Morgan fingerprint density at radius 1 is 1.46 bits per heavy atom. The predicted molar refractivity (Wildman–Crippen MR) is 106 cm³/mol. The number of ether oxygens (including phenoxy) is 1. The van der Waals surface area contributed by atoms with E-state index in [-0.39, 0.29) is 23.7 Å². The molecule has 0 aliphatic carbocycles. The van der Waals surface area contributed by atoms with E-state index in [0.717, 1.165) is 17.7 Å². The molecular weight excluding hydrogens is 384 g/mol. The number of hydrogen-bond donors (Lipinski definition) is 2. The number of piperidine rings is 1.